The van der Waals surface area contributed by atoms with Crippen LogP contribution in [0.1, 0.15) is 29.0 Å². The SMILES string of the molecule is C[C@@H](NC(=O)Cn1nc(C(=O)N2CCOCC2)cc1-c1cccs1)c1ccccc1. The van der Waals surface area contributed by atoms with Crippen LogP contribution >= 0.6 is 11.3 Å². The Bertz CT molecular complexity index is 995. The maximum atomic E-state index is 12.9. The number of hydrogen-bond donors (Lipinski definition) is 1. The molecule has 1 atom stereocenters. The van der Waals surface area contributed by atoms with Crippen LogP contribution < -0.4 is 5.32 Å². The van der Waals surface area contributed by atoms with Crippen molar-refractivity contribution in [1.82, 2.24) is 20.0 Å². The molecule has 1 saturated heterocycles. The average Bonchev–Trinajstić information content (AvgIpc) is 3.44. The Hall–Kier alpha value is -2.97. The third kappa shape index (κ3) is 4.60. The summed E-state index contributed by atoms with van der Waals surface area (Å²) in [4.78, 5) is 28.3. The molecule has 4 rings (SSSR count). The highest BCUT2D eigenvalue weighted by Crippen LogP contribution is 2.26. The fourth-order valence-electron chi connectivity index (χ4n) is 3.44. The fraction of sp³-hybridized carbons (Fsp3) is 0.318. The molecule has 7 nitrogen and oxygen atoms in total. The predicted octanol–water partition coefficient (Wildman–Crippen LogP) is 2.96. The second-order valence-electron chi connectivity index (χ2n) is 7.15. The first-order valence-electron chi connectivity index (χ1n) is 9.95. The van der Waals surface area contributed by atoms with Crippen LogP contribution in [0.25, 0.3) is 10.6 Å². The molecule has 0 spiro atoms. The molecule has 0 radical (unpaired) electrons. The van der Waals surface area contributed by atoms with Crippen molar-refractivity contribution in [3.63, 3.8) is 0 Å². The van der Waals surface area contributed by atoms with E-state index in [9.17, 15) is 9.59 Å². The minimum absolute atomic E-state index is 0.0425. The Morgan fingerprint density at radius 1 is 1.17 bits per heavy atom. The van der Waals surface area contributed by atoms with Crippen LogP contribution in [0.2, 0.25) is 0 Å². The number of nitrogens with zero attached hydrogens (tertiary/aromatic N) is 3. The third-order valence-corrected chi connectivity index (χ3v) is 5.93. The molecule has 1 aromatic carbocycles. The Morgan fingerprint density at radius 2 is 1.93 bits per heavy atom. The molecular weight excluding hydrogens is 400 g/mol. The summed E-state index contributed by atoms with van der Waals surface area (Å²) in [6.45, 7) is 4.16. The summed E-state index contributed by atoms with van der Waals surface area (Å²) >= 11 is 1.55. The summed E-state index contributed by atoms with van der Waals surface area (Å²) in [5.41, 5.74) is 2.15. The Labute approximate surface area is 179 Å². The number of benzene rings is 1. The summed E-state index contributed by atoms with van der Waals surface area (Å²) in [6, 6.07) is 15.4. The number of morpholine rings is 1. The van der Waals surface area contributed by atoms with E-state index in [1.54, 1.807) is 27.0 Å². The summed E-state index contributed by atoms with van der Waals surface area (Å²) in [7, 11) is 0. The molecule has 1 fully saturated rings. The summed E-state index contributed by atoms with van der Waals surface area (Å²) < 4.78 is 6.95. The second-order valence-corrected chi connectivity index (χ2v) is 8.10. The van der Waals surface area contributed by atoms with Gasteiger partial charge in [0.2, 0.25) is 5.91 Å². The normalized spacial score (nSPS) is 15.0. The van der Waals surface area contributed by atoms with Gasteiger partial charge in [0.15, 0.2) is 5.69 Å². The summed E-state index contributed by atoms with van der Waals surface area (Å²) in [5.74, 6) is -0.287. The van der Waals surface area contributed by atoms with Gasteiger partial charge in [-0.25, -0.2) is 0 Å². The zero-order valence-corrected chi connectivity index (χ0v) is 17.6. The lowest BCUT2D eigenvalue weighted by molar-refractivity contribution is -0.122. The number of aromatic nitrogens is 2. The minimum atomic E-state index is -0.155. The Morgan fingerprint density at radius 3 is 2.63 bits per heavy atom. The first-order valence-corrected chi connectivity index (χ1v) is 10.8. The molecule has 156 valence electrons. The van der Waals surface area contributed by atoms with Gasteiger partial charge in [0.05, 0.1) is 29.8 Å². The van der Waals surface area contributed by atoms with E-state index in [1.807, 2.05) is 54.8 Å². The Balaban J connectivity index is 1.53. The van der Waals surface area contributed by atoms with Gasteiger partial charge >= 0.3 is 0 Å². The van der Waals surface area contributed by atoms with Crippen molar-refractivity contribution >= 4 is 23.2 Å². The molecule has 0 aliphatic carbocycles. The van der Waals surface area contributed by atoms with E-state index in [0.717, 1.165) is 16.1 Å². The van der Waals surface area contributed by atoms with Gasteiger partial charge in [0, 0.05) is 13.1 Å². The van der Waals surface area contributed by atoms with E-state index in [-0.39, 0.29) is 24.4 Å². The number of amides is 2. The largest absolute Gasteiger partial charge is 0.378 e. The zero-order valence-electron chi connectivity index (χ0n) is 16.8. The van der Waals surface area contributed by atoms with Crippen LogP contribution in [-0.4, -0.2) is 52.8 Å². The molecule has 3 heterocycles. The van der Waals surface area contributed by atoms with Gasteiger partial charge in [-0.3, -0.25) is 14.3 Å². The van der Waals surface area contributed by atoms with E-state index in [2.05, 4.69) is 10.4 Å². The molecule has 2 amide bonds. The maximum Gasteiger partial charge on any atom is 0.274 e. The van der Waals surface area contributed by atoms with Crippen LogP contribution in [0.5, 0.6) is 0 Å². The summed E-state index contributed by atoms with van der Waals surface area (Å²) in [6.07, 6.45) is 0. The highest BCUT2D eigenvalue weighted by molar-refractivity contribution is 7.13. The quantitative estimate of drug-likeness (QED) is 0.660. The van der Waals surface area contributed by atoms with E-state index in [4.69, 9.17) is 4.74 Å². The monoisotopic (exact) mass is 424 g/mol. The van der Waals surface area contributed by atoms with Crippen molar-refractivity contribution in [2.24, 2.45) is 0 Å². The number of thiophene rings is 1. The second kappa shape index (κ2) is 9.23. The van der Waals surface area contributed by atoms with E-state index in [1.165, 1.54) is 0 Å². The predicted molar refractivity (Wildman–Crippen MR) is 115 cm³/mol. The van der Waals surface area contributed by atoms with Gasteiger partial charge in [0.25, 0.3) is 5.91 Å². The smallest absolute Gasteiger partial charge is 0.274 e. The maximum absolute atomic E-state index is 12.9. The molecule has 30 heavy (non-hydrogen) atoms. The molecule has 1 N–H and O–H groups in total. The van der Waals surface area contributed by atoms with E-state index >= 15 is 0 Å². The topological polar surface area (TPSA) is 76.5 Å². The van der Waals surface area contributed by atoms with Crippen LogP contribution in [0.15, 0.2) is 53.9 Å². The molecule has 0 unspecified atom stereocenters. The molecule has 3 aromatic rings. The number of nitrogens with one attached hydrogen (secondary N) is 1. The van der Waals surface area contributed by atoms with Gasteiger partial charge in [-0.05, 0) is 30.0 Å². The highest BCUT2D eigenvalue weighted by atomic mass is 32.1. The van der Waals surface area contributed by atoms with E-state index in [0.29, 0.717) is 32.0 Å². The summed E-state index contributed by atoms with van der Waals surface area (Å²) in [5, 5.41) is 9.47. The Kier molecular flexibility index (Phi) is 6.25. The number of rotatable bonds is 6. The van der Waals surface area contributed by atoms with Crippen LogP contribution in [-0.2, 0) is 16.1 Å². The van der Waals surface area contributed by atoms with Crippen molar-refractivity contribution in [1.29, 1.82) is 0 Å². The third-order valence-electron chi connectivity index (χ3n) is 5.04. The standard InChI is InChI=1S/C22H24N4O3S/c1-16(17-6-3-2-4-7-17)23-21(27)15-26-19(20-8-5-13-30-20)14-18(24-26)22(28)25-9-11-29-12-10-25/h2-8,13-14,16H,9-12,15H2,1H3,(H,23,27)/t16-/m1/s1. The molecular formula is C22H24N4O3S. The van der Waals surface area contributed by atoms with Crippen molar-refractivity contribution < 1.29 is 14.3 Å². The van der Waals surface area contributed by atoms with E-state index < -0.39 is 0 Å². The van der Waals surface area contributed by atoms with Crippen molar-refractivity contribution in [3.05, 3.63) is 65.2 Å². The minimum Gasteiger partial charge on any atom is -0.378 e. The van der Waals surface area contributed by atoms with Gasteiger partial charge < -0.3 is 15.0 Å². The number of ether oxygens (including phenoxy) is 1. The van der Waals surface area contributed by atoms with Gasteiger partial charge in [-0.15, -0.1) is 11.3 Å². The van der Waals surface area contributed by atoms with Gasteiger partial charge in [-0.1, -0.05) is 36.4 Å². The number of hydrogen-bond acceptors (Lipinski definition) is 5. The molecule has 0 bridgehead atoms. The first kappa shape index (κ1) is 20.3. The lowest BCUT2D eigenvalue weighted by Crippen LogP contribution is -2.41. The lowest BCUT2D eigenvalue weighted by Gasteiger charge is -2.25. The van der Waals surface area contributed by atoms with Crippen LogP contribution in [0.3, 0.4) is 0 Å². The van der Waals surface area contributed by atoms with Crippen LogP contribution in [0, 0.1) is 0 Å². The number of carbonyl (C=O) groups is 2. The average molecular weight is 425 g/mol. The molecule has 8 heteroatoms. The van der Waals surface area contributed by atoms with Gasteiger partial charge in [0.1, 0.15) is 6.54 Å². The highest BCUT2D eigenvalue weighted by Gasteiger charge is 2.24. The fourth-order valence-corrected chi connectivity index (χ4v) is 4.19. The zero-order chi connectivity index (χ0) is 20.9. The number of carbonyl (C=O) groups excluding carboxylic acids is 2. The van der Waals surface area contributed by atoms with Crippen molar-refractivity contribution in [2.75, 3.05) is 26.3 Å². The van der Waals surface area contributed by atoms with Gasteiger partial charge in [-0.2, -0.15) is 5.10 Å². The first-order chi connectivity index (χ1) is 14.6. The van der Waals surface area contributed by atoms with Crippen molar-refractivity contribution in [3.8, 4) is 10.6 Å². The molecule has 0 saturated carbocycles. The van der Waals surface area contributed by atoms with Crippen molar-refractivity contribution in [2.45, 2.75) is 19.5 Å². The van der Waals surface area contributed by atoms with Crippen LogP contribution in [0.4, 0.5) is 0 Å². The lowest BCUT2D eigenvalue weighted by atomic mass is 10.1. The molecule has 1 aliphatic rings. The molecule has 2 aromatic heterocycles. The molecule has 1 aliphatic heterocycles.